The molecule has 0 unspecified atom stereocenters. The second-order valence-corrected chi connectivity index (χ2v) is 9.28. The zero-order chi connectivity index (χ0) is 24.2. The molecule has 1 saturated carbocycles. The largest absolute Gasteiger partial charge is 0.394 e. The second-order valence-electron chi connectivity index (χ2n) is 9.28. The van der Waals surface area contributed by atoms with Crippen LogP contribution in [-0.2, 0) is 4.74 Å². The number of benzene rings is 1. The molecule has 1 aromatic carbocycles. The number of amides is 2. The minimum Gasteiger partial charge on any atom is -0.394 e. The summed E-state index contributed by atoms with van der Waals surface area (Å²) in [5.41, 5.74) is 2.86. The van der Waals surface area contributed by atoms with E-state index in [1.54, 1.807) is 31.3 Å². The first-order chi connectivity index (χ1) is 15.6. The number of carbonyl (C=O) groups excluding carboxylic acids is 2. The molecule has 1 heterocycles. The Morgan fingerprint density at radius 1 is 1.27 bits per heavy atom. The average Bonchev–Trinajstić information content (AvgIpc) is 3.61. The van der Waals surface area contributed by atoms with E-state index in [1.165, 1.54) is 0 Å². The third-order valence-electron chi connectivity index (χ3n) is 5.67. The third-order valence-corrected chi connectivity index (χ3v) is 5.67. The molecule has 1 fully saturated rings. The lowest BCUT2D eigenvalue weighted by Crippen LogP contribution is -2.37. The molecule has 1 aliphatic rings. The number of ether oxygens (including phenoxy) is 1. The first-order valence-corrected chi connectivity index (χ1v) is 11.2. The molecular weight excluding hydrogens is 420 g/mol. The molecule has 0 spiro atoms. The van der Waals surface area contributed by atoms with Gasteiger partial charge in [-0.15, -0.1) is 0 Å². The van der Waals surface area contributed by atoms with E-state index in [4.69, 9.17) is 4.74 Å². The standard InChI is InChI=1S/C25H34N4O4/c1-16-6-7-17(23(31)27-19-8-9-19)12-20(16)18-13-21(24(32)29(4)10-11-33-5)22(26-14-18)28-25(2,3)15-30/h6-7,12-14,19,30H,8-11,15H2,1-5H3,(H,26,28)(H,27,31). The molecule has 33 heavy (non-hydrogen) atoms. The van der Waals surface area contributed by atoms with Gasteiger partial charge in [0.1, 0.15) is 5.82 Å². The number of anilines is 1. The molecule has 0 bridgehead atoms. The zero-order valence-corrected chi connectivity index (χ0v) is 20.1. The maximum absolute atomic E-state index is 13.3. The smallest absolute Gasteiger partial charge is 0.257 e. The number of rotatable bonds is 10. The Balaban J connectivity index is 2.00. The molecule has 3 N–H and O–H groups in total. The lowest BCUT2D eigenvalue weighted by atomic mass is 9.97. The van der Waals surface area contributed by atoms with E-state index >= 15 is 0 Å². The Labute approximate surface area is 195 Å². The Kier molecular flexibility index (Phi) is 7.71. The van der Waals surface area contributed by atoms with Crippen molar-refractivity contribution in [3.8, 4) is 11.1 Å². The summed E-state index contributed by atoms with van der Waals surface area (Å²) in [4.78, 5) is 32.0. The summed E-state index contributed by atoms with van der Waals surface area (Å²) in [6.45, 7) is 6.34. The Bertz CT molecular complexity index is 1020. The predicted molar refractivity (Wildman–Crippen MR) is 129 cm³/mol. The van der Waals surface area contributed by atoms with Gasteiger partial charge < -0.3 is 25.4 Å². The van der Waals surface area contributed by atoms with Gasteiger partial charge in [-0.05, 0) is 62.9 Å². The molecule has 0 atom stereocenters. The predicted octanol–water partition coefficient (Wildman–Crippen LogP) is 2.85. The Morgan fingerprint density at radius 3 is 2.64 bits per heavy atom. The molecule has 0 saturated heterocycles. The van der Waals surface area contributed by atoms with E-state index in [9.17, 15) is 14.7 Å². The monoisotopic (exact) mass is 454 g/mol. The van der Waals surface area contributed by atoms with Crippen LogP contribution in [0.2, 0.25) is 0 Å². The third kappa shape index (κ3) is 6.30. The molecule has 8 heteroatoms. The fourth-order valence-electron chi connectivity index (χ4n) is 3.34. The number of aromatic nitrogens is 1. The molecular formula is C25H34N4O4. The van der Waals surface area contributed by atoms with Gasteiger partial charge >= 0.3 is 0 Å². The highest BCUT2D eigenvalue weighted by Gasteiger charge is 2.25. The van der Waals surface area contributed by atoms with Gasteiger partial charge in [0.15, 0.2) is 0 Å². The maximum Gasteiger partial charge on any atom is 0.257 e. The number of methoxy groups -OCH3 is 1. The SMILES string of the molecule is COCCN(C)C(=O)c1cc(-c2cc(C(=O)NC3CC3)ccc2C)cnc1NC(C)(C)CO. The van der Waals surface area contributed by atoms with Crippen LogP contribution >= 0.6 is 0 Å². The van der Waals surface area contributed by atoms with Crippen LogP contribution in [0, 0.1) is 6.92 Å². The summed E-state index contributed by atoms with van der Waals surface area (Å²) in [7, 11) is 3.30. The summed E-state index contributed by atoms with van der Waals surface area (Å²) in [5, 5.41) is 15.9. The average molecular weight is 455 g/mol. The van der Waals surface area contributed by atoms with Crippen LogP contribution in [-0.4, -0.2) is 72.3 Å². The van der Waals surface area contributed by atoms with Crippen molar-refractivity contribution in [3.63, 3.8) is 0 Å². The van der Waals surface area contributed by atoms with Crippen LogP contribution in [0.5, 0.6) is 0 Å². The number of hydrogen-bond donors (Lipinski definition) is 3. The van der Waals surface area contributed by atoms with Crippen LogP contribution in [0.3, 0.4) is 0 Å². The summed E-state index contributed by atoms with van der Waals surface area (Å²) in [5.74, 6) is 0.0931. The molecule has 1 aliphatic carbocycles. The lowest BCUT2D eigenvalue weighted by Gasteiger charge is -2.27. The van der Waals surface area contributed by atoms with Crippen molar-refractivity contribution >= 4 is 17.6 Å². The van der Waals surface area contributed by atoms with Crippen molar-refractivity contribution in [2.75, 3.05) is 39.2 Å². The summed E-state index contributed by atoms with van der Waals surface area (Å²) in [6, 6.07) is 7.63. The summed E-state index contributed by atoms with van der Waals surface area (Å²) in [6.07, 6.45) is 3.73. The first-order valence-electron chi connectivity index (χ1n) is 11.2. The van der Waals surface area contributed by atoms with Gasteiger partial charge in [-0.1, -0.05) is 6.07 Å². The normalized spacial score (nSPS) is 13.5. The molecule has 0 radical (unpaired) electrons. The number of aliphatic hydroxyl groups is 1. The molecule has 2 amide bonds. The van der Waals surface area contributed by atoms with Gasteiger partial charge in [-0.2, -0.15) is 0 Å². The highest BCUT2D eigenvalue weighted by molar-refractivity contribution is 6.00. The maximum atomic E-state index is 13.3. The van der Waals surface area contributed by atoms with Crippen molar-refractivity contribution in [2.45, 2.75) is 45.2 Å². The van der Waals surface area contributed by atoms with E-state index < -0.39 is 5.54 Å². The van der Waals surface area contributed by atoms with E-state index in [0.29, 0.717) is 30.1 Å². The quantitative estimate of drug-likeness (QED) is 0.510. The molecule has 2 aromatic rings. The molecule has 1 aromatic heterocycles. The zero-order valence-electron chi connectivity index (χ0n) is 20.1. The fourth-order valence-corrected chi connectivity index (χ4v) is 3.34. The van der Waals surface area contributed by atoms with E-state index in [1.807, 2.05) is 39.0 Å². The van der Waals surface area contributed by atoms with Gasteiger partial charge in [-0.3, -0.25) is 9.59 Å². The van der Waals surface area contributed by atoms with Crippen LogP contribution in [0.25, 0.3) is 11.1 Å². The number of aryl methyl sites for hydroxylation is 1. The van der Waals surface area contributed by atoms with E-state index in [0.717, 1.165) is 29.5 Å². The van der Waals surface area contributed by atoms with Crippen LogP contribution in [0.15, 0.2) is 30.5 Å². The summed E-state index contributed by atoms with van der Waals surface area (Å²) < 4.78 is 5.11. The van der Waals surface area contributed by atoms with Crippen molar-refractivity contribution < 1.29 is 19.4 Å². The van der Waals surface area contributed by atoms with Crippen LogP contribution in [0.4, 0.5) is 5.82 Å². The van der Waals surface area contributed by atoms with Gasteiger partial charge in [-0.25, -0.2) is 4.98 Å². The lowest BCUT2D eigenvalue weighted by molar-refractivity contribution is 0.0744. The number of nitrogens with one attached hydrogen (secondary N) is 2. The van der Waals surface area contributed by atoms with Crippen LogP contribution in [0.1, 0.15) is 53.0 Å². The van der Waals surface area contributed by atoms with Gasteiger partial charge in [0, 0.05) is 44.1 Å². The number of pyridine rings is 1. The number of hydrogen-bond acceptors (Lipinski definition) is 6. The van der Waals surface area contributed by atoms with Crippen molar-refractivity contribution in [1.82, 2.24) is 15.2 Å². The molecule has 3 rings (SSSR count). The van der Waals surface area contributed by atoms with Gasteiger partial charge in [0.2, 0.25) is 0 Å². The minimum atomic E-state index is -0.661. The molecule has 178 valence electrons. The highest BCUT2D eigenvalue weighted by atomic mass is 16.5. The number of nitrogens with zero attached hydrogens (tertiary/aromatic N) is 2. The number of carbonyl (C=O) groups is 2. The van der Waals surface area contributed by atoms with Gasteiger partial charge in [0.25, 0.3) is 11.8 Å². The Hall–Kier alpha value is -2.97. The fraction of sp³-hybridized carbons (Fsp3) is 0.480. The molecule has 0 aliphatic heterocycles. The van der Waals surface area contributed by atoms with Crippen molar-refractivity contribution in [1.29, 1.82) is 0 Å². The summed E-state index contributed by atoms with van der Waals surface area (Å²) >= 11 is 0. The van der Waals surface area contributed by atoms with Gasteiger partial charge in [0.05, 0.1) is 24.3 Å². The highest BCUT2D eigenvalue weighted by Crippen LogP contribution is 2.29. The van der Waals surface area contributed by atoms with Crippen molar-refractivity contribution in [3.05, 3.63) is 47.2 Å². The Morgan fingerprint density at radius 2 is 2.00 bits per heavy atom. The van der Waals surface area contributed by atoms with Crippen LogP contribution < -0.4 is 10.6 Å². The number of aliphatic hydroxyl groups excluding tert-OH is 1. The topological polar surface area (TPSA) is 104 Å². The number of likely N-dealkylation sites (N-methyl/N-ethyl adjacent to an activating group) is 1. The second kappa shape index (κ2) is 10.3. The first kappa shape index (κ1) is 24.7. The molecule has 8 nitrogen and oxygen atoms in total. The minimum absolute atomic E-state index is 0.0923. The van der Waals surface area contributed by atoms with E-state index in [2.05, 4.69) is 15.6 Å². The van der Waals surface area contributed by atoms with E-state index in [-0.39, 0.29) is 24.5 Å². The van der Waals surface area contributed by atoms with Crippen molar-refractivity contribution in [2.24, 2.45) is 0 Å².